The summed E-state index contributed by atoms with van der Waals surface area (Å²) < 4.78 is 0. The number of nitrogens with zero attached hydrogens (tertiary/aromatic N) is 1. The molecular weight excluding hydrogens is 302 g/mol. The van der Waals surface area contributed by atoms with Crippen molar-refractivity contribution in [2.24, 2.45) is 5.92 Å². The Bertz CT molecular complexity index is 617. The van der Waals surface area contributed by atoms with Crippen LogP contribution in [0.3, 0.4) is 0 Å². The standard InChI is InChI=1S/C19H27N3S/c1-4-23-17-7-8-19(21-11-14-5-6-14)18(10-17)15-9-16(20-2)13-22(3)12-15/h7-10,12,14,20-21H,4-6,11,13H2,1-3H3. The van der Waals surface area contributed by atoms with E-state index >= 15 is 0 Å². The zero-order valence-electron chi connectivity index (χ0n) is 14.4. The molecule has 0 spiro atoms. The molecule has 2 aliphatic rings. The molecule has 0 aromatic heterocycles. The summed E-state index contributed by atoms with van der Waals surface area (Å²) in [7, 11) is 4.13. The summed E-state index contributed by atoms with van der Waals surface area (Å²) in [6.45, 7) is 4.24. The van der Waals surface area contributed by atoms with Gasteiger partial charge in [-0.1, -0.05) is 6.92 Å². The molecule has 0 bridgehead atoms. The number of nitrogens with one attached hydrogen (secondary N) is 2. The Labute approximate surface area is 144 Å². The Morgan fingerprint density at radius 3 is 2.83 bits per heavy atom. The average Bonchev–Trinajstić information content (AvgIpc) is 3.37. The number of benzene rings is 1. The first-order valence-electron chi connectivity index (χ1n) is 8.51. The summed E-state index contributed by atoms with van der Waals surface area (Å²) in [5.74, 6) is 1.98. The van der Waals surface area contributed by atoms with Gasteiger partial charge in [0.25, 0.3) is 0 Å². The van der Waals surface area contributed by atoms with Crippen molar-refractivity contribution in [3.05, 3.63) is 41.7 Å². The first-order valence-corrected chi connectivity index (χ1v) is 9.49. The maximum absolute atomic E-state index is 3.67. The number of thioether (sulfide) groups is 1. The SMILES string of the molecule is CCSc1ccc(NCC2CC2)c(C2=CN(C)CC(NC)=C2)c1. The van der Waals surface area contributed by atoms with Gasteiger partial charge in [0, 0.05) is 54.3 Å². The Kier molecular flexibility index (Phi) is 5.21. The molecule has 0 unspecified atom stereocenters. The minimum Gasteiger partial charge on any atom is -0.390 e. The lowest BCUT2D eigenvalue weighted by Gasteiger charge is -2.25. The molecule has 1 aromatic carbocycles. The highest BCUT2D eigenvalue weighted by Crippen LogP contribution is 2.34. The smallest absolute Gasteiger partial charge is 0.0568 e. The second kappa shape index (κ2) is 7.35. The Balaban J connectivity index is 1.92. The third-order valence-corrected chi connectivity index (χ3v) is 5.20. The molecular formula is C19H27N3S. The van der Waals surface area contributed by atoms with Gasteiger partial charge in [-0.2, -0.15) is 0 Å². The minimum atomic E-state index is 0.874. The van der Waals surface area contributed by atoms with Gasteiger partial charge < -0.3 is 15.5 Å². The summed E-state index contributed by atoms with van der Waals surface area (Å²) in [5.41, 5.74) is 5.10. The average molecular weight is 330 g/mol. The number of hydrogen-bond donors (Lipinski definition) is 2. The van der Waals surface area contributed by atoms with Crippen LogP contribution in [0.15, 0.2) is 41.1 Å². The van der Waals surface area contributed by atoms with Crippen molar-refractivity contribution in [3.63, 3.8) is 0 Å². The maximum atomic E-state index is 3.67. The molecule has 3 nitrogen and oxygen atoms in total. The molecule has 4 heteroatoms. The molecule has 1 aliphatic heterocycles. The predicted octanol–water partition coefficient (Wildman–Crippen LogP) is 4.01. The largest absolute Gasteiger partial charge is 0.390 e. The summed E-state index contributed by atoms with van der Waals surface area (Å²) in [6, 6.07) is 6.82. The van der Waals surface area contributed by atoms with Gasteiger partial charge in [-0.3, -0.25) is 0 Å². The third kappa shape index (κ3) is 4.25. The van der Waals surface area contributed by atoms with Gasteiger partial charge >= 0.3 is 0 Å². The number of allylic oxidation sites excluding steroid dienone is 2. The topological polar surface area (TPSA) is 27.3 Å². The molecule has 0 radical (unpaired) electrons. The maximum Gasteiger partial charge on any atom is 0.0568 e. The zero-order chi connectivity index (χ0) is 16.2. The highest BCUT2D eigenvalue weighted by atomic mass is 32.2. The van der Waals surface area contributed by atoms with Crippen LogP contribution in [0.1, 0.15) is 25.3 Å². The van der Waals surface area contributed by atoms with Crippen molar-refractivity contribution < 1.29 is 0 Å². The zero-order valence-corrected chi connectivity index (χ0v) is 15.2. The van der Waals surface area contributed by atoms with Crippen molar-refractivity contribution in [1.82, 2.24) is 10.2 Å². The van der Waals surface area contributed by atoms with Crippen LogP contribution >= 0.6 is 11.8 Å². The number of anilines is 1. The van der Waals surface area contributed by atoms with Gasteiger partial charge in [0.1, 0.15) is 0 Å². The van der Waals surface area contributed by atoms with Gasteiger partial charge in [0.15, 0.2) is 0 Å². The fourth-order valence-electron chi connectivity index (χ4n) is 2.87. The van der Waals surface area contributed by atoms with Crippen molar-refractivity contribution in [1.29, 1.82) is 0 Å². The molecule has 1 aliphatic carbocycles. The van der Waals surface area contributed by atoms with Gasteiger partial charge in [-0.15, -0.1) is 11.8 Å². The normalized spacial score (nSPS) is 17.6. The van der Waals surface area contributed by atoms with E-state index in [0.29, 0.717) is 0 Å². The van der Waals surface area contributed by atoms with Gasteiger partial charge in [-0.05, 0) is 48.8 Å². The first-order chi connectivity index (χ1) is 11.2. The van der Waals surface area contributed by atoms with E-state index in [0.717, 1.165) is 24.8 Å². The molecule has 3 rings (SSSR count). The summed E-state index contributed by atoms with van der Waals surface area (Å²) in [5, 5.41) is 6.98. The minimum absolute atomic E-state index is 0.874. The van der Waals surface area contributed by atoms with E-state index in [1.807, 2.05) is 18.8 Å². The Morgan fingerprint density at radius 2 is 2.13 bits per heavy atom. The lowest BCUT2D eigenvalue weighted by Crippen LogP contribution is -2.24. The van der Waals surface area contributed by atoms with E-state index in [-0.39, 0.29) is 0 Å². The van der Waals surface area contributed by atoms with Gasteiger partial charge in [-0.25, -0.2) is 0 Å². The van der Waals surface area contributed by atoms with Gasteiger partial charge in [0.2, 0.25) is 0 Å². The van der Waals surface area contributed by atoms with Crippen LogP contribution in [0.25, 0.3) is 5.57 Å². The molecule has 1 aromatic rings. The molecule has 23 heavy (non-hydrogen) atoms. The second-order valence-corrected chi connectivity index (χ2v) is 7.72. The van der Waals surface area contributed by atoms with E-state index in [1.54, 1.807) is 0 Å². The third-order valence-electron chi connectivity index (χ3n) is 4.32. The van der Waals surface area contributed by atoms with Crippen LogP contribution in [-0.2, 0) is 0 Å². The van der Waals surface area contributed by atoms with Crippen molar-refractivity contribution in [2.45, 2.75) is 24.7 Å². The van der Waals surface area contributed by atoms with Crippen LogP contribution in [-0.4, -0.2) is 37.8 Å². The van der Waals surface area contributed by atoms with E-state index in [9.17, 15) is 0 Å². The van der Waals surface area contributed by atoms with Crippen LogP contribution in [0.5, 0.6) is 0 Å². The lowest BCUT2D eigenvalue weighted by atomic mass is 10.0. The van der Waals surface area contributed by atoms with E-state index < -0.39 is 0 Å². The van der Waals surface area contributed by atoms with E-state index in [2.05, 4.69) is 60.0 Å². The van der Waals surface area contributed by atoms with E-state index in [1.165, 1.54) is 40.3 Å². The summed E-state index contributed by atoms with van der Waals surface area (Å²) in [6.07, 6.45) is 7.28. The molecule has 124 valence electrons. The lowest BCUT2D eigenvalue weighted by molar-refractivity contribution is 0.481. The fourth-order valence-corrected chi connectivity index (χ4v) is 3.57. The van der Waals surface area contributed by atoms with Crippen LogP contribution in [0.4, 0.5) is 5.69 Å². The second-order valence-electron chi connectivity index (χ2n) is 6.38. The molecule has 1 fully saturated rings. The predicted molar refractivity (Wildman–Crippen MR) is 102 cm³/mol. The quantitative estimate of drug-likeness (QED) is 0.739. The van der Waals surface area contributed by atoms with Crippen LogP contribution in [0, 0.1) is 5.92 Å². The molecule has 2 N–H and O–H groups in total. The van der Waals surface area contributed by atoms with Crippen molar-refractivity contribution in [2.75, 3.05) is 38.3 Å². The van der Waals surface area contributed by atoms with Crippen molar-refractivity contribution >= 4 is 23.0 Å². The van der Waals surface area contributed by atoms with Crippen LogP contribution in [0.2, 0.25) is 0 Å². The highest BCUT2D eigenvalue weighted by Gasteiger charge is 2.21. The van der Waals surface area contributed by atoms with Crippen molar-refractivity contribution in [3.8, 4) is 0 Å². The Hall–Kier alpha value is -1.55. The molecule has 1 saturated carbocycles. The number of hydrogen-bond acceptors (Lipinski definition) is 4. The summed E-state index contributed by atoms with van der Waals surface area (Å²) >= 11 is 1.90. The molecule has 0 atom stereocenters. The monoisotopic (exact) mass is 329 g/mol. The fraction of sp³-hybridized carbons (Fsp3) is 0.474. The number of rotatable bonds is 7. The summed E-state index contributed by atoms with van der Waals surface area (Å²) in [4.78, 5) is 3.58. The van der Waals surface area contributed by atoms with E-state index in [4.69, 9.17) is 0 Å². The molecule has 0 saturated heterocycles. The highest BCUT2D eigenvalue weighted by molar-refractivity contribution is 7.99. The number of likely N-dealkylation sites (N-methyl/N-ethyl adjacent to an activating group) is 2. The van der Waals surface area contributed by atoms with Crippen LogP contribution < -0.4 is 10.6 Å². The van der Waals surface area contributed by atoms with Gasteiger partial charge in [0.05, 0.1) is 6.54 Å². The Morgan fingerprint density at radius 1 is 1.30 bits per heavy atom. The molecule has 1 heterocycles. The first kappa shape index (κ1) is 16.3. The molecule has 0 amide bonds.